The molecule has 12 heteroatoms. The van der Waals surface area contributed by atoms with Crippen LogP contribution >= 0.6 is 11.6 Å². The van der Waals surface area contributed by atoms with Gasteiger partial charge in [0.2, 0.25) is 0 Å². The average Bonchev–Trinajstić information content (AvgIpc) is 3.04. The molecule has 0 aliphatic carbocycles. The molecule has 2 aromatic rings. The van der Waals surface area contributed by atoms with Gasteiger partial charge in [-0.1, -0.05) is 0 Å². The molecule has 3 aliphatic rings. The zero-order valence-electron chi connectivity index (χ0n) is 18.6. The molecule has 1 aromatic heterocycles. The standard InChI is InChI=1S/C23H22ClF3N4O4/c1-11-2-3-23(7-20(24)31(35-23)9-13-15(26)4-12(25)5-16(13)27)19-10-29(11)22(34)17-6-18(32)14(21(28)33)8-30(17)19/h4-6,8,11,19-20H,2-3,7,9-10H2,1H3,(H2,28,33). The normalized spacial score (nSPS) is 28.3. The highest BCUT2D eigenvalue weighted by atomic mass is 35.5. The van der Waals surface area contributed by atoms with Gasteiger partial charge in [-0.3, -0.25) is 19.2 Å². The molecule has 3 aliphatic heterocycles. The third kappa shape index (κ3) is 3.82. The predicted molar refractivity (Wildman–Crippen MR) is 118 cm³/mol. The summed E-state index contributed by atoms with van der Waals surface area (Å²) >= 11 is 6.58. The highest BCUT2D eigenvalue weighted by molar-refractivity contribution is 6.20. The van der Waals surface area contributed by atoms with Crippen molar-refractivity contribution in [2.24, 2.45) is 5.73 Å². The molecule has 1 spiro atoms. The van der Waals surface area contributed by atoms with E-state index in [2.05, 4.69) is 0 Å². The lowest BCUT2D eigenvalue weighted by atomic mass is 9.85. The number of rotatable bonds is 3. The number of halogens is 4. The number of fused-ring (bicyclic) bond motifs is 5. The first-order chi connectivity index (χ1) is 16.5. The van der Waals surface area contributed by atoms with Crippen molar-refractivity contribution in [1.82, 2.24) is 14.5 Å². The lowest BCUT2D eigenvalue weighted by molar-refractivity contribution is -0.221. The first-order valence-electron chi connectivity index (χ1n) is 11.1. The highest BCUT2D eigenvalue weighted by Gasteiger charge is 2.55. The number of amides is 2. The number of nitrogens with two attached hydrogens (primary N) is 1. The van der Waals surface area contributed by atoms with Gasteiger partial charge in [0.15, 0.2) is 5.43 Å². The number of hydrogen-bond acceptors (Lipinski definition) is 5. The van der Waals surface area contributed by atoms with Gasteiger partial charge >= 0.3 is 0 Å². The molecular formula is C23H22ClF3N4O4. The molecule has 2 amide bonds. The summed E-state index contributed by atoms with van der Waals surface area (Å²) in [5.74, 6) is -4.44. The number of aromatic nitrogens is 1. The second-order valence-corrected chi connectivity index (χ2v) is 9.79. The fraction of sp³-hybridized carbons (Fsp3) is 0.435. The average molecular weight is 511 g/mol. The summed E-state index contributed by atoms with van der Waals surface area (Å²) < 4.78 is 43.5. The fourth-order valence-corrected chi connectivity index (χ4v) is 5.68. The Bertz CT molecular complexity index is 1280. The van der Waals surface area contributed by atoms with E-state index < -0.39 is 51.5 Å². The molecular weight excluding hydrogens is 489 g/mol. The first kappa shape index (κ1) is 23.8. The van der Waals surface area contributed by atoms with E-state index in [1.54, 1.807) is 4.90 Å². The largest absolute Gasteiger partial charge is 0.365 e. The van der Waals surface area contributed by atoms with E-state index >= 15 is 0 Å². The molecule has 2 bridgehead atoms. The Morgan fingerprint density at radius 2 is 1.91 bits per heavy atom. The Labute approximate surface area is 202 Å². The Morgan fingerprint density at radius 3 is 2.57 bits per heavy atom. The molecule has 186 valence electrons. The maximum atomic E-state index is 14.3. The Hall–Kier alpha value is -2.89. The summed E-state index contributed by atoms with van der Waals surface area (Å²) in [4.78, 5) is 45.4. The van der Waals surface area contributed by atoms with E-state index in [0.29, 0.717) is 25.0 Å². The summed E-state index contributed by atoms with van der Waals surface area (Å²) in [6.45, 7) is 1.72. The molecule has 2 fully saturated rings. The molecule has 5 rings (SSSR count). The molecule has 2 N–H and O–H groups in total. The monoisotopic (exact) mass is 510 g/mol. The first-order valence-corrected chi connectivity index (χ1v) is 11.5. The molecule has 0 radical (unpaired) electrons. The van der Waals surface area contributed by atoms with Crippen LogP contribution in [0.4, 0.5) is 13.2 Å². The third-order valence-electron chi connectivity index (χ3n) is 7.20. The molecule has 4 heterocycles. The van der Waals surface area contributed by atoms with Crippen molar-refractivity contribution in [3.63, 3.8) is 0 Å². The van der Waals surface area contributed by atoms with Crippen LogP contribution < -0.4 is 11.2 Å². The number of nitrogens with zero attached hydrogens (tertiary/aromatic N) is 3. The maximum absolute atomic E-state index is 14.3. The SMILES string of the molecule is CC1CCC2(CC(Cl)N(Cc3c(F)cc(F)cc3F)O2)C2CN1C(=O)c1cc(=O)c(C(N)=O)cn12. The van der Waals surface area contributed by atoms with Crippen LogP contribution in [0.3, 0.4) is 0 Å². The van der Waals surface area contributed by atoms with Gasteiger partial charge in [0.1, 0.15) is 39.8 Å². The van der Waals surface area contributed by atoms with Crippen molar-refractivity contribution in [3.05, 3.63) is 68.9 Å². The van der Waals surface area contributed by atoms with E-state index in [0.717, 1.165) is 6.07 Å². The molecule has 4 unspecified atom stereocenters. The molecule has 8 nitrogen and oxygen atoms in total. The van der Waals surface area contributed by atoms with Crippen LogP contribution in [0.15, 0.2) is 29.2 Å². The smallest absolute Gasteiger partial charge is 0.270 e. The number of benzene rings is 1. The van der Waals surface area contributed by atoms with Crippen molar-refractivity contribution in [2.45, 2.75) is 55.9 Å². The zero-order valence-corrected chi connectivity index (χ0v) is 19.4. The summed E-state index contributed by atoms with van der Waals surface area (Å²) in [5.41, 5.74) is 2.33. The van der Waals surface area contributed by atoms with Crippen LogP contribution in [-0.2, 0) is 11.4 Å². The number of carbonyl (C=O) groups excluding carboxylic acids is 2. The Kier molecular flexibility index (Phi) is 5.69. The fourth-order valence-electron chi connectivity index (χ4n) is 5.31. The van der Waals surface area contributed by atoms with Gasteiger partial charge in [0.25, 0.3) is 11.8 Å². The van der Waals surface area contributed by atoms with Gasteiger partial charge in [-0.25, -0.2) is 13.2 Å². The van der Waals surface area contributed by atoms with Crippen molar-refractivity contribution < 1.29 is 27.6 Å². The number of alkyl halides is 1. The summed E-state index contributed by atoms with van der Waals surface area (Å²) in [6, 6.07) is 1.53. The quantitative estimate of drug-likeness (QED) is 0.506. The van der Waals surface area contributed by atoms with E-state index in [9.17, 15) is 27.6 Å². The highest BCUT2D eigenvalue weighted by Crippen LogP contribution is 2.49. The second-order valence-electron chi connectivity index (χ2n) is 9.29. The maximum Gasteiger partial charge on any atom is 0.270 e. The van der Waals surface area contributed by atoms with E-state index in [-0.39, 0.29) is 42.7 Å². The van der Waals surface area contributed by atoms with Gasteiger partial charge in [-0.05, 0) is 19.8 Å². The second kappa shape index (κ2) is 8.35. The van der Waals surface area contributed by atoms with Crippen molar-refractivity contribution >= 4 is 23.4 Å². The topological polar surface area (TPSA) is 97.9 Å². The molecule has 2 saturated heterocycles. The van der Waals surface area contributed by atoms with Gasteiger partial charge < -0.3 is 15.2 Å². The minimum atomic E-state index is -1.06. The zero-order chi connectivity index (χ0) is 25.2. The molecule has 1 aromatic carbocycles. The van der Waals surface area contributed by atoms with E-state index in [4.69, 9.17) is 22.2 Å². The van der Waals surface area contributed by atoms with Gasteiger partial charge in [-0.15, -0.1) is 11.6 Å². The minimum Gasteiger partial charge on any atom is -0.365 e. The number of primary amides is 1. The number of carbonyl (C=O) groups is 2. The Balaban J connectivity index is 1.57. The van der Waals surface area contributed by atoms with Gasteiger partial charge in [-0.2, -0.15) is 5.06 Å². The third-order valence-corrected chi connectivity index (χ3v) is 7.57. The van der Waals surface area contributed by atoms with Crippen molar-refractivity contribution in [2.75, 3.05) is 6.54 Å². The van der Waals surface area contributed by atoms with Crippen molar-refractivity contribution in [1.29, 1.82) is 0 Å². The minimum absolute atomic E-state index is 0.0909. The van der Waals surface area contributed by atoms with E-state index in [1.807, 2.05) is 6.92 Å². The lowest BCUT2D eigenvalue weighted by Crippen LogP contribution is -2.52. The van der Waals surface area contributed by atoms with E-state index in [1.165, 1.54) is 15.8 Å². The number of hydrogen-bond donors (Lipinski definition) is 1. The van der Waals surface area contributed by atoms with Crippen LogP contribution in [0.2, 0.25) is 0 Å². The van der Waals surface area contributed by atoms with Gasteiger partial charge in [0, 0.05) is 49.0 Å². The molecule has 0 saturated carbocycles. The summed E-state index contributed by atoms with van der Waals surface area (Å²) in [5, 5.41) is 1.24. The van der Waals surface area contributed by atoms with Crippen LogP contribution in [0.5, 0.6) is 0 Å². The van der Waals surface area contributed by atoms with Crippen LogP contribution in [0, 0.1) is 17.5 Å². The summed E-state index contributed by atoms with van der Waals surface area (Å²) in [6.07, 6.45) is 2.48. The van der Waals surface area contributed by atoms with Gasteiger partial charge in [0.05, 0.1) is 12.6 Å². The predicted octanol–water partition coefficient (Wildman–Crippen LogP) is 2.68. The number of pyridine rings is 1. The molecule has 4 atom stereocenters. The Morgan fingerprint density at radius 1 is 1.23 bits per heavy atom. The lowest BCUT2D eigenvalue weighted by Gasteiger charge is -2.42. The van der Waals surface area contributed by atoms with Crippen LogP contribution in [0.1, 0.15) is 58.6 Å². The summed E-state index contributed by atoms with van der Waals surface area (Å²) in [7, 11) is 0. The van der Waals surface area contributed by atoms with Crippen LogP contribution in [0.25, 0.3) is 0 Å². The number of hydroxylamine groups is 2. The molecule has 35 heavy (non-hydrogen) atoms. The van der Waals surface area contributed by atoms with Crippen molar-refractivity contribution in [3.8, 4) is 0 Å². The van der Waals surface area contributed by atoms with Crippen LogP contribution in [-0.4, -0.2) is 50.0 Å².